The number of methoxy groups -OCH3 is 1. The van der Waals surface area contributed by atoms with Crippen molar-refractivity contribution in [2.24, 2.45) is 0 Å². The number of fused-ring (bicyclic) bond motifs is 1. The van der Waals surface area contributed by atoms with Crippen molar-refractivity contribution in [1.29, 1.82) is 0 Å². The van der Waals surface area contributed by atoms with Crippen LogP contribution in [0.4, 0.5) is 0 Å². The summed E-state index contributed by atoms with van der Waals surface area (Å²) >= 11 is 6.12. The van der Waals surface area contributed by atoms with Crippen LogP contribution in [-0.4, -0.2) is 19.7 Å². The highest BCUT2D eigenvalue weighted by Crippen LogP contribution is 2.37. The lowest BCUT2D eigenvalue weighted by Crippen LogP contribution is -2.18. The second kappa shape index (κ2) is 6.99. The van der Waals surface area contributed by atoms with Gasteiger partial charge >= 0.3 is 11.6 Å². The van der Waals surface area contributed by atoms with Gasteiger partial charge in [0.2, 0.25) is 0 Å². The zero-order valence-electron chi connectivity index (χ0n) is 13.7. The second-order valence-electron chi connectivity index (χ2n) is 5.20. The summed E-state index contributed by atoms with van der Waals surface area (Å²) in [6.07, 6.45) is 0. The number of ether oxygens (including phenoxy) is 2. The van der Waals surface area contributed by atoms with Crippen molar-refractivity contribution < 1.29 is 18.7 Å². The number of hydrogen-bond acceptors (Lipinski definition) is 5. The molecule has 0 saturated heterocycles. The molecule has 0 fully saturated rings. The maximum Gasteiger partial charge on any atom is 0.351 e. The number of benzene rings is 2. The predicted molar refractivity (Wildman–Crippen MR) is 95.4 cm³/mol. The molecule has 0 aliphatic carbocycles. The van der Waals surface area contributed by atoms with Crippen LogP contribution in [-0.2, 0) is 4.74 Å². The van der Waals surface area contributed by atoms with Crippen LogP contribution < -0.4 is 10.4 Å². The lowest BCUT2D eigenvalue weighted by atomic mass is 9.96. The fraction of sp³-hybridized carbons (Fsp3) is 0.158. The third-order valence-corrected chi connectivity index (χ3v) is 3.96. The maximum absolute atomic E-state index is 12.5. The first-order valence-corrected chi connectivity index (χ1v) is 8.01. The Hall–Kier alpha value is -2.79. The van der Waals surface area contributed by atoms with Gasteiger partial charge in [-0.2, -0.15) is 0 Å². The summed E-state index contributed by atoms with van der Waals surface area (Å²) < 4.78 is 15.7. The second-order valence-corrected chi connectivity index (χ2v) is 5.64. The highest BCUT2D eigenvalue weighted by atomic mass is 35.5. The molecule has 1 heterocycles. The van der Waals surface area contributed by atoms with Crippen molar-refractivity contribution >= 4 is 28.5 Å². The van der Waals surface area contributed by atoms with E-state index in [1.54, 1.807) is 49.4 Å². The van der Waals surface area contributed by atoms with E-state index < -0.39 is 11.6 Å². The van der Waals surface area contributed by atoms with Gasteiger partial charge in [0.15, 0.2) is 5.56 Å². The van der Waals surface area contributed by atoms with Gasteiger partial charge in [0.1, 0.15) is 11.3 Å². The maximum atomic E-state index is 12.5. The van der Waals surface area contributed by atoms with E-state index in [4.69, 9.17) is 25.5 Å². The SMILES string of the molecule is CCOC(=O)c1c(-c2ccccc2OC)c2cc(Cl)ccc2oc1=O. The lowest BCUT2D eigenvalue weighted by molar-refractivity contribution is 0.0523. The number of rotatable bonds is 4. The molecule has 0 radical (unpaired) electrons. The molecule has 0 amide bonds. The quantitative estimate of drug-likeness (QED) is 0.514. The first-order valence-electron chi connectivity index (χ1n) is 7.63. The number of esters is 1. The Morgan fingerprint density at radius 3 is 2.68 bits per heavy atom. The molecule has 0 saturated carbocycles. The average Bonchev–Trinajstić information content (AvgIpc) is 2.61. The molecule has 0 aliphatic heterocycles. The van der Waals surface area contributed by atoms with Gasteiger partial charge in [-0.15, -0.1) is 0 Å². The van der Waals surface area contributed by atoms with Crippen LogP contribution in [0.3, 0.4) is 0 Å². The zero-order chi connectivity index (χ0) is 18.0. The van der Waals surface area contributed by atoms with Gasteiger partial charge in [-0.1, -0.05) is 29.8 Å². The van der Waals surface area contributed by atoms with Crippen molar-refractivity contribution in [3.63, 3.8) is 0 Å². The molecule has 3 rings (SSSR count). The van der Waals surface area contributed by atoms with Gasteiger partial charge in [0, 0.05) is 21.5 Å². The van der Waals surface area contributed by atoms with Crippen LogP contribution in [0.25, 0.3) is 22.1 Å². The lowest BCUT2D eigenvalue weighted by Gasteiger charge is -2.14. The van der Waals surface area contributed by atoms with Gasteiger partial charge in [0.25, 0.3) is 0 Å². The van der Waals surface area contributed by atoms with Crippen molar-refractivity contribution in [2.45, 2.75) is 6.92 Å². The minimum Gasteiger partial charge on any atom is -0.496 e. The largest absolute Gasteiger partial charge is 0.496 e. The normalized spacial score (nSPS) is 10.7. The van der Waals surface area contributed by atoms with Crippen LogP contribution in [0.5, 0.6) is 5.75 Å². The van der Waals surface area contributed by atoms with Crippen LogP contribution >= 0.6 is 11.6 Å². The molecule has 0 atom stereocenters. The molecule has 0 unspecified atom stereocenters. The summed E-state index contributed by atoms with van der Waals surface area (Å²) in [7, 11) is 1.52. The molecule has 2 aromatic carbocycles. The third-order valence-electron chi connectivity index (χ3n) is 3.72. The van der Waals surface area contributed by atoms with Crippen LogP contribution in [0, 0.1) is 0 Å². The van der Waals surface area contributed by atoms with Gasteiger partial charge in [-0.3, -0.25) is 0 Å². The minimum absolute atomic E-state index is 0.136. The number of carbonyl (C=O) groups is 1. The number of carbonyl (C=O) groups excluding carboxylic acids is 1. The van der Waals surface area contributed by atoms with E-state index in [2.05, 4.69) is 0 Å². The Balaban J connectivity index is 2.48. The highest BCUT2D eigenvalue weighted by Gasteiger charge is 2.25. The molecular weight excluding hydrogens is 344 g/mol. The third kappa shape index (κ3) is 3.10. The topological polar surface area (TPSA) is 65.7 Å². The molecule has 3 aromatic rings. The van der Waals surface area contributed by atoms with Crippen LogP contribution in [0.2, 0.25) is 5.02 Å². The first kappa shape index (κ1) is 17.0. The molecule has 0 spiro atoms. The number of halogens is 1. The summed E-state index contributed by atoms with van der Waals surface area (Å²) in [5, 5.41) is 0.979. The summed E-state index contributed by atoms with van der Waals surface area (Å²) in [6.45, 7) is 1.80. The Labute approximate surface area is 148 Å². The molecule has 1 aromatic heterocycles. The summed E-state index contributed by atoms with van der Waals surface area (Å²) in [4.78, 5) is 24.9. The number of para-hydroxylation sites is 1. The van der Waals surface area contributed by atoms with E-state index >= 15 is 0 Å². The Morgan fingerprint density at radius 2 is 1.96 bits per heavy atom. The molecule has 0 aliphatic rings. The Bertz CT molecular complexity index is 1010. The van der Waals surface area contributed by atoms with E-state index in [0.29, 0.717) is 32.9 Å². The van der Waals surface area contributed by atoms with E-state index in [1.165, 1.54) is 7.11 Å². The predicted octanol–water partition coefficient (Wildman–Crippen LogP) is 4.30. The van der Waals surface area contributed by atoms with E-state index in [0.717, 1.165) is 0 Å². The summed E-state index contributed by atoms with van der Waals surface area (Å²) in [5.74, 6) is -0.237. The molecule has 6 heteroatoms. The summed E-state index contributed by atoms with van der Waals surface area (Å²) in [5.41, 5.74) is 0.330. The fourth-order valence-electron chi connectivity index (χ4n) is 2.69. The first-order chi connectivity index (χ1) is 12.1. The smallest absolute Gasteiger partial charge is 0.351 e. The molecule has 0 N–H and O–H groups in total. The van der Waals surface area contributed by atoms with Gasteiger partial charge < -0.3 is 13.9 Å². The Morgan fingerprint density at radius 1 is 1.20 bits per heavy atom. The monoisotopic (exact) mass is 358 g/mol. The van der Waals surface area contributed by atoms with Gasteiger partial charge in [0.05, 0.1) is 13.7 Å². The Kier molecular flexibility index (Phi) is 4.76. The van der Waals surface area contributed by atoms with E-state index in [9.17, 15) is 9.59 Å². The van der Waals surface area contributed by atoms with E-state index in [1.807, 2.05) is 0 Å². The zero-order valence-corrected chi connectivity index (χ0v) is 14.4. The fourth-order valence-corrected chi connectivity index (χ4v) is 2.87. The summed E-state index contributed by atoms with van der Waals surface area (Å²) in [6, 6.07) is 11.9. The molecule has 5 nitrogen and oxygen atoms in total. The van der Waals surface area contributed by atoms with Crippen LogP contribution in [0.15, 0.2) is 51.7 Å². The average molecular weight is 359 g/mol. The van der Waals surface area contributed by atoms with Crippen LogP contribution in [0.1, 0.15) is 17.3 Å². The molecule has 0 bridgehead atoms. The van der Waals surface area contributed by atoms with Crippen molar-refractivity contribution in [1.82, 2.24) is 0 Å². The minimum atomic E-state index is -0.769. The molecule has 25 heavy (non-hydrogen) atoms. The van der Waals surface area contributed by atoms with Gasteiger partial charge in [-0.25, -0.2) is 9.59 Å². The van der Waals surface area contributed by atoms with Crippen molar-refractivity contribution in [3.8, 4) is 16.9 Å². The molecule has 128 valence electrons. The van der Waals surface area contributed by atoms with Gasteiger partial charge in [-0.05, 0) is 31.2 Å². The molecular formula is C19H15ClO5. The van der Waals surface area contributed by atoms with Crippen molar-refractivity contribution in [3.05, 3.63) is 63.5 Å². The standard InChI is InChI=1S/C19H15ClO5/c1-3-24-18(21)17-16(12-6-4-5-7-14(12)23-2)13-10-11(20)8-9-15(13)25-19(17)22/h4-10H,3H2,1-2H3. The number of hydrogen-bond donors (Lipinski definition) is 0. The van der Waals surface area contributed by atoms with Crippen molar-refractivity contribution in [2.75, 3.05) is 13.7 Å². The van der Waals surface area contributed by atoms with E-state index in [-0.39, 0.29) is 12.2 Å². The highest BCUT2D eigenvalue weighted by molar-refractivity contribution is 6.31.